The highest BCUT2D eigenvalue weighted by Gasteiger charge is 2.08. The summed E-state index contributed by atoms with van der Waals surface area (Å²) in [6.45, 7) is 0.272. The molecule has 15 heavy (non-hydrogen) atoms. The van der Waals surface area contributed by atoms with Crippen molar-refractivity contribution in [1.82, 2.24) is 4.90 Å². The maximum atomic E-state index is 11.5. The van der Waals surface area contributed by atoms with Crippen LogP contribution in [0, 0.1) is 0 Å². The number of likely N-dealkylation sites (N-methyl/N-ethyl adjacent to an activating group) is 1. The van der Waals surface area contributed by atoms with Crippen LogP contribution in [0.2, 0.25) is 0 Å². The van der Waals surface area contributed by atoms with E-state index in [1.807, 2.05) is 30.3 Å². The van der Waals surface area contributed by atoms with Crippen LogP contribution < -0.4 is 11.1 Å². The van der Waals surface area contributed by atoms with Crippen LogP contribution in [-0.4, -0.2) is 29.5 Å². The van der Waals surface area contributed by atoms with Gasteiger partial charge in [-0.1, -0.05) is 30.4 Å². The maximum Gasteiger partial charge on any atom is 0.321 e. The predicted octanol–water partition coefficient (Wildman–Crippen LogP) is 1.44. The van der Waals surface area contributed by atoms with Crippen molar-refractivity contribution in [1.29, 1.82) is 0 Å². The number of para-hydroxylation sites is 1. The Morgan fingerprint density at radius 1 is 1.47 bits per heavy atom. The van der Waals surface area contributed by atoms with E-state index >= 15 is 0 Å². The molecule has 0 heterocycles. The van der Waals surface area contributed by atoms with Gasteiger partial charge in [0.25, 0.3) is 0 Å². The van der Waals surface area contributed by atoms with E-state index in [0.29, 0.717) is 4.99 Å². The number of hydrogen-bond donors (Lipinski definition) is 2. The van der Waals surface area contributed by atoms with Crippen molar-refractivity contribution in [3.05, 3.63) is 30.3 Å². The molecule has 1 aromatic rings. The molecule has 4 nitrogen and oxygen atoms in total. The first-order chi connectivity index (χ1) is 7.09. The van der Waals surface area contributed by atoms with Gasteiger partial charge in [-0.3, -0.25) is 0 Å². The molecule has 0 unspecified atom stereocenters. The van der Waals surface area contributed by atoms with E-state index < -0.39 is 0 Å². The van der Waals surface area contributed by atoms with Crippen LogP contribution in [0.5, 0.6) is 0 Å². The Kier molecular flexibility index (Phi) is 4.05. The van der Waals surface area contributed by atoms with Crippen LogP contribution in [-0.2, 0) is 0 Å². The minimum Gasteiger partial charge on any atom is -0.392 e. The fraction of sp³-hybridized carbons (Fsp3) is 0.200. The lowest BCUT2D eigenvalue weighted by Crippen LogP contribution is -2.37. The summed E-state index contributed by atoms with van der Waals surface area (Å²) < 4.78 is 0. The number of amides is 2. The SMILES string of the molecule is CN(CC(N)=S)C(=O)Nc1ccccc1. The molecule has 2 amide bonds. The lowest BCUT2D eigenvalue weighted by molar-refractivity contribution is 0.228. The average molecular weight is 223 g/mol. The van der Waals surface area contributed by atoms with Crippen molar-refractivity contribution in [2.45, 2.75) is 0 Å². The number of rotatable bonds is 3. The summed E-state index contributed by atoms with van der Waals surface area (Å²) in [6.07, 6.45) is 0. The van der Waals surface area contributed by atoms with Gasteiger partial charge in [-0.2, -0.15) is 0 Å². The van der Waals surface area contributed by atoms with E-state index in [9.17, 15) is 4.79 Å². The first-order valence-corrected chi connectivity index (χ1v) is 4.86. The van der Waals surface area contributed by atoms with E-state index in [4.69, 9.17) is 18.0 Å². The molecule has 0 saturated heterocycles. The summed E-state index contributed by atoms with van der Waals surface area (Å²) >= 11 is 4.71. The number of nitrogens with one attached hydrogen (secondary N) is 1. The molecular weight excluding hydrogens is 210 g/mol. The van der Waals surface area contributed by atoms with E-state index in [1.54, 1.807) is 7.05 Å². The van der Waals surface area contributed by atoms with Crippen molar-refractivity contribution >= 4 is 28.9 Å². The number of hydrogen-bond acceptors (Lipinski definition) is 2. The second kappa shape index (κ2) is 5.31. The molecular formula is C10H13N3OS. The summed E-state index contributed by atoms with van der Waals surface area (Å²) in [5.41, 5.74) is 6.08. The smallest absolute Gasteiger partial charge is 0.321 e. The van der Waals surface area contributed by atoms with Gasteiger partial charge in [0.2, 0.25) is 0 Å². The molecule has 80 valence electrons. The fourth-order valence-electron chi connectivity index (χ4n) is 1.05. The van der Waals surface area contributed by atoms with Crippen molar-refractivity contribution in [2.24, 2.45) is 5.73 Å². The molecule has 5 heteroatoms. The van der Waals surface area contributed by atoms with Gasteiger partial charge in [-0.15, -0.1) is 0 Å². The Balaban J connectivity index is 2.52. The molecule has 0 aliphatic rings. The first-order valence-electron chi connectivity index (χ1n) is 4.45. The summed E-state index contributed by atoms with van der Waals surface area (Å²) in [5, 5.41) is 2.72. The summed E-state index contributed by atoms with van der Waals surface area (Å²) in [6, 6.07) is 8.98. The van der Waals surface area contributed by atoms with Crippen LogP contribution in [0.15, 0.2) is 30.3 Å². The Labute approximate surface area is 94.1 Å². The Bertz CT molecular complexity index is 353. The van der Waals surface area contributed by atoms with Crippen LogP contribution in [0.25, 0.3) is 0 Å². The second-order valence-corrected chi connectivity index (χ2v) is 3.64. The number of nitrogens with zero attached hydrogens (tertiary/aromatic N) is 1. The van der Waals surface area contributed by atoms with Gasteiger partial charge in [0.1, 0.15) is 0 Å². The Morgan fingerprint density at radius 3 is 2.60 bits per heavy atom. The largest absolute Gasteiger partial charge is 0.392 e. The average Bonchev–Trinajstić information content (AvgIpc) is 2.18. The lowest BCUT2D eigenvalue weighted by Gasteiger charge is -2.16. The molecule has 0 spiro atoms. The Hall–Kier alpha value is -1.62. The third-order valence-corrected chi connectivity index (χ3v) is 1.89. The lowest BCUT2D eigenvalue weighted by atomic mass is 10.3. The summed E-state index contributed by atoms with van der Waals surface area (Å²) in [5.74, 6) is 0. The molecule has 0 saturated carbocycles. The van der Waals surface area contributed by atoms with Gasteiger partial charge >= 0.3 is 6.03 Å². The molecule has 1 aromatic carbocycles. The summed E-state index contributed by atoms with van der Waals surface area (Å²) in [7, 11) is 1.64. The van der Waals surface area contributed by atoms with Crippen LogP contribution in [0.1, 0.15) is 0 Å². The van der Waals surface area contributed by atoms with E-state index in [2.05, 4.69) is 5.32 Å². The molecule has 1 rings (SSSR count). The van der Waals surface area contributed by atoms with Gasteiger partial charge in [-0.05, 0) is 12.1 Å². The van der Waals surface area contributed by atoms with Gasteiger partial charge in [-0.25, -0.2) is 4.79 Å². The van der Waals surface area contributed by atoms with Crippen LogP contribution >= 0.6 is 12.2 Å². The highest BCUT2D eigenvalue weighted by molar-refractivity contribution is 7.80. The highest BCUT2D eigenvalue weighted by atomic mass is 32.1. The van der Waals surface area contributed by atoms with Crippen LogP contribution in [0.3, 0.4) is 0 Å². The minimum atomic E-state index is -0.228. The zero-order valence-corrected chi connectivity index (χ0v) is 9.25. The number of urea groups is 1. The van der Waals surface area contributed by atoms with E-state index in [0.717, 1.165) is 5.69 Å². The number of anilines is 1. The zero-order valence-electron chi connectivity index (χ0n) is 8.43. The van der Waals surface area contributed by atoms with Crippen LogP contribution in [0.4, 0.5) is 10.5 Å². The molecule has 3 N–H and O–H groups in total. The molecule has 0 aliphatic carbocycles. The standard InChI is InChI=1S/C10H13N3OS/c1-13(7-9(11)15)10(14)12-8-5-3-2-4-6-8/h2-6H,7H2,1H3,(H2,11,15)(H,12,14). The van der Waals surface area contributed by atoms with Gasteiger partial charge in [0.15, 0.2) is 0 Å². The molecule has 0 radical (unpaired) electrons. The zero-order chi connectivity index (χ0) is 11.3. The monoisotopic (exact) mass is 223 g/mol. The normalized spacial score (nSPS) is 9.40. The molecule has 0 bridgehead atoms. The van der Waals surface area contributed by atoms with Crippen molar-refractivity contribution in [3.8, 4) is 0 Å². The number of thiocarbonyl (C=S) groups is 1. The minimum absolute atomic E-state index is 0.228. The van der Waals surface area contributed by atoms with E-state index in [1.165, 1.54) is 4.90 Å². The van der Waals surface area contributed by atoms with Gasteiger partial charge in [0.05, 0.1) is 11.5 Å². The predicted molar refractivity (Wildman–Crippen MR) is 64.9 cm³/mol. The van der Waals surface area contributed by atoms with Gasteiger partial charge in [0, 0.05) is 12.7 Å². The fourth-order valence-corrected chi connectivity index (χ4v) is 1.24. The molecule has 0 aromatic heterocycles. The number of benzene rings is 1. The third kappa shape index (κ3) is 3.95. The Morgan fingerprint density at radius 2 is 2.07 bits per heavy atom. The molecule has 0 atom stereocenters. The highest BCUT2D eigenvalue weighted by Crippen LogP contribution is 2.05. The van der Waals surface area contributed by atoms with E-state index in [-0.39, 0.29) is 12.6 Å². The number of nitrogens with two attached hydrogens (primary N) is 1. The molecule has 0 fully saturated rings. The quantitative estimate of drug-likeness (QED) is 0.762. The number of carbonyl (C=O) groups is 1. The number of carbonyl (C=O) groups excluding carboxylic acids is 1. The second-order valence-electron chi connectivity index (χ2n) is 3.12. The topological polar surface area (TPSA) is 58.4 Å². The summed E-state index contributed by atoms with van der Waals surface area (Å²) in [4.78, 5) is 13.3. The maximum absolute atomic E-state index is 11.5. The first kappa shape index (κ1) is 11.5. The van der Waals surface area contributed by atoms with Crippen molar-refractivity contribution in [3.63, 3.8) is 0 Å². The van der Waals surface area contributed by atoms with Gasteiger partial charge < -0.3 is 16.0 Å². The molecule has 0 aliphatic heterocycles. The van der Waals surface area contributed by atoms with Crippen molar-refractivity contribution in [2.75, 3.05) is 18.9 Å². The third-order valence-electron chi connectivity index (χ3n) is 1.76. The van der Waals surface area contributed by atoms with Crippen molar-refractivity contribution < 1.29 is 4.79 Å².